The fraction of sp³-hybridized carbons (Fsp3) is 0.500. The average Bonchev–Trinajstić information content (AvgIpc) is 2.40. The summed E-state index contributed by atoms with van der Waals surface area (Å²) in [4.78, 5) is 12.2. The molecule has 0 aliphatic carbocycles. The van der Waals surface area contributed by atoms with Gasteiger partial charge in [0.15, 0.2) is 0 Å². The molecule has 8 heteroatoms. The SMILES string of the molecule is Cc1ccc(NC(=O)C2(N)CCOCC2)cc1C(F)(F)F.Cl. The van der Waals surface area contributed by atoms with Gasteiger partial charge in [-0.1, -0.05) is 6.07 Å². The number of nitrogens with two attached hydrogens (primary N) is 1. The second-order valence-electron chi connectivity index (χ2n) is 5.25. The highest BCUT2D eigenvalue weighted by atomic mass is 35.5. The lowest BCUT2D eigenvalue weighted by atomic mass is 9.90. The molecule has 1 aromatic carbocycles. The van der Waals surface area contributed by atoms with E-state index < -0.39 is 23.2 Å². The molecular formula is C14H18ClF3N2O2. The number of alkyl halides is 3. The van der Waals surface area contributed by atoms with Gasteiger partial charge >= 0.3 is 6.18 Å². The van der Waals surface area contributed by atoms with Crippen molar-refractivity contribution < 1.29 is 22.7 Å². The smallest absolute Gasteiger partial charge is 0.381 e. The van der Waals surface area contributed by atoms with Crippen LogP contribution in [-0.4, -0.2) is 24.7 Å². The van der Waals surface area contributed by atoms with E-state index in [0.717, 1.165) is 6.07 Å². The number of amides is 1. The Morgan fingerprint density at radius 2 is 1.91 bits per heavy atom. The van der Waals surface area contributed by atoms with E-state index in [1.807, 2.05) is 0 Å². The number of anilines is 1. The van der Waals surface area contributed by atoms with Crippen LogP contribution >= 0.6 is 12.4 Å². The van der Waals surface area contributed by atoms with Crippen LogP contribution in [0.25, 0.3) is 0 Å². The summed E-state index contributed by atoms with van der Waals surface area (Å²) in [6.45, 7) is 2.11. The van der Waals surface area contributed by atoms with Crippen molar-refractivity contribution in [2.45, 2.75) is 31.5 Å². The molecule has 1 heterocycles. The maximum Gasteiger partial charge on any atom is 0.416 e. The van der Waals surface area contributed by atoms with Gasteiger partial charge < -0.3 is 15.8 Å². The van der Waals surface area contributed by atoms with Crippen molar-refractivity contribution in [1.82, 2.24) is 0 Å². The Morgan fingerprint density at radius 3 is 2.45 bits per heavy atom. The van der Waals surface area contributed by atoms with Crippen molar-refractivity contribution in [3.05, 3.63) is 29.3 Å². The van der Waals surface area contributed by atoms with Crippen LogP contribution in [0.3, 0.4) is 0 Å². The molecule has 1 fully saturated rings. The summed E-state index contributed by atoms with van der Waals surface area (Å²) in [7, 11) is 0. The van der Waals surface area contributed by atoms with Gasteiger partial charge in [0, 0.05) is 18.9 Å². The molecule has 4 nitrogen and oxygen atoms in total. The molecule has 1 amide bonds. The average molecular weight is 339 g/mol. The van der Waals surface area contributed by atoms with Crippen LogP contribution < -0.4 is 11.1 Å². The standard InChI is InChI=1S/C14H17F3N2O2.ClH/c1-9-2-3-10(8-11(9)14(15,16)17)19-12(20)13(18)4-6-21-7-5-13;/h2-3,8H,4-7,18H2,1H3,(H,19,20);1H. The zero-order chi connectivity index (χ0) is 15.7. The van der Waals surface area contributed by atoms with Gasteiger partial charge in [0.25, 0.3) is 0 Å². The van der Waals surface area contributed by atoms with Crippen LogP contribution in [0.1, 0.15) is 24.0 Å². The number of hydrogen-bond donors (Lipinski definition) is 2. The van der Waals surface area contributed by atoms with E-state index in [0.29, 0.717) is 26.1 Å². The zero-order valence-electron chi connectivity index (χ0n) is 12.0. The third-order valence-corrected chi connectivity index (χ3v) is 3.64. The molecule has 3 N–H and O–H groups in total. The van der Waals surface area contributed by atoms with Crippen molar-refractivity contribution in [2.75, 3.05) is 18.5 Å². The monoisotopic (exact) mass is 338 g/mol. The van der Waals surface area contributed by atoms with Gasteiger partial charge in [-0.25, -0.2) is 0 Å². The first kappa shape index (κ1) is 18.7. The molecule has 1 saturated heterocycles. The largest absolute Gasteiger partial charge is 0.416 e. The van der Waals surface area contributed by atoms with Crippen LogP contribution in [-0.2, 0) is 15.7 Å². The van der Waals surface area contributed by atoms with Gasteiger partial charge in [-0.2, -0.15) is 13.2 Å². The molecule has 22 heavy (non-hydrogen) atoms. The normalized spacial score (nSPS) is 17.5. The van der Waals surface area contributed by atoms with E-state index >= 15 is 0 Å². The van der Waals surface area contributed by atoms with Gasteiger partial charge in [0.05, 0.1) is 5.56 Å². The molecule has 2 rings (SSSR count). The zero-order valence-corrected chi connectivity index (χ0v) is 12.8. The molecule has 0 radical (unpaired) electrons. The molecule has 0 atom stereocenters. The Balaban J connectivity index is 0.00000242. The van der Waals surface area contributed by atoms with Crippen LogP contribution in [0.5, 0.6) is 0 Å². The lowest BCUT2D eigenvalue weighted by Gasteiger charge is -2.31. The van der Waals surface area contributed by atoms with E-state index in [4.69, 9.17) is 10.5 Å². The van der Waals surface area contributed by atoms with E-state index in [-0.39, 0.29) is 23.7 Å². The van der Waals surface area contributed by atoms with Crippen LogP contribution in [0.2, 0.25) is 0 Å². The first-order valence-electron chi connectivity index (χ1n) is 6.58. The minimum Gasteiger partial charge on any atom is -0.381 e. The molecule has 0 aromatic heterocycles. The summed E-state index contributed by atoms with van der Waals surface area (Å²) in [5, 5.41) is 2.47. The topological polar surface area (TPSA) is 64.4 Å². The number of carbonyl (C=O) groups excluding carboxylic acids is 1. The van der Waals surface area contributed by atoms with Crippen molar-refractivity contribution in [1.29, 1.82) is 0 Å². The Kier molecular flexibility index (Phi) is 5.83. The summed E-state index contributed by atoms with van der Waals surface area (Å²) in [5.74, 6) is -0.484. The molecule has 1 aliphatic rings. The van der Waals surface area contributed by atoms with Gasteiger partial charge in [-0.15, -0.1) is 12.4 Å². The Morgan fingerprint density at radius 1 is 1.32 bits per heavy atom. The Bertz CT molecular complexity index is 543. The third kappa shape index (κ3) is 4.12. The summed E-state index contributed by atoms with van der Waals surface area (Å²) < 4.78 is 43.7. The van der Waals surface area contributed by atoms with Crippen molar-refractivity contribution in [2.24, 2.45) is 5.73 Å². The van der Waals surface area contributed by atoms with Gasteiger partial charge in [0.2, 0.25) is 5.91 Å². The molecule has 1 aromatic rings. The number of benzene rings is 1. The van der Waals surface area contributed by atoms with E-state index in [1.54, 1.807) is 0 Å². The number of halogens is 4. The lowest BCUT2D eigenvalue weighted by molar-refractivity contribution is -0.138. The van der Waals surface area contributed by atoms with E-state index in [9.17, 15) is 18.0 Å². The first-order chi connectivity index (χ1) is 9.72. The van der Waals surface area contributed by atoms with E-state index in [1.165, 1.54) is 19.1 Å². The van der Waals surface area contributed by atoms with Gasteiger partial charge in [-0.3, -0.25) is 4.79 Å². The molecule has 0 spiro atoms. The molecule has 0 unspecified atom stereocenters. The number of hydrogen-bond acceptors (Lipinski definition) is 3. The highest BCUT2D eigenvalue weighted by Gasteiger charge is 2.37. The summed E-state index contributed by atoms with van der Waals surface area (Å²) >= 11 is 0. The van der Waals surface area contributed by atoms with Crippen molar-refractivity contribution >= 4 is 24.0 Å². The quantitative estimate of drug-likeness (QED) is 0.871. The molecular weight excluding hydrogens is 321 g/mol. The highest BCUT2D eigenvalue weighted by Crippen LogP contribution is 2.33. The summed E-state index contributed by atoms with van der Waals surface area (Å²) in [6, 6.07) is 3.69. The molecule has 1 aliphatic heterocycles. The number of aryl methyl sites for hydroxylation is 1. The summed E-state index contributed by atoms with van der Waals surface area (Å²) in [6.07, 6.45) is -3.77. The number of ether oxygens (including phenoxy) is 1. The number of nitrogens with one attached hydrogen (secondary N) is 1. The van der Waals surface area contributed by atoms with Crippen LogP contribution in [0.15, 0.2) is 18.2 Å². The fourth-order valence-corrected chi connectivity index (χ4v) is 2.22. The second-order valence-corrected chi connectivity index (χ2v) is 5.25. The Hall–Kier alpha value is -1.31. The predicted molar refractivity (Wildman–Crippen MR) is 79.0 cm³/mol. The lowest BCUT2D eigenvalue weighted by Crippen LogP contribution is -2.54. The van der Waals surface area contributed by atoms with Crippen LogP contribution in [0.4, 0.5) is 18.9 Å². The maximum absolute atomic E-state index is 12.8. The van der Waals surface area contributed by atoms with Gasteiger partial charge in [0.1, 0.15) is 5.54 Å². The third-order valence-electron chi connectivity index (χ3n) is 3.64. The predicted octanol–water partition coefficient (Wildman–Crippen LogP) is 2.88. The van der Waals surface area contributed by atoms with Crippen molar-refractivity contribution in [3.8, 4) is 0 Å². The second kappa shape index (κ2) is 6.85. The van der Waals surface area contributed by atoms with E-state index in [2.05, 4.69) is 5.32 Å². The fourth-order valence-electron chi connectivity index (χ4n) is 2.22. The molecule has 124 valence electrons. The summed E-state index contributed by atoms with van der Waals surface area (Å²) in [5.41, 5.74) is 4.33. The number of carbonyl (C=O) groups is 1. The highest BCUT2D eigenvalue weighted by molar-refractivity contribution is 5.98. The minimum absolute atomic E-state index is 0. The first-order valence-corrected chi connectivity index (χ1v) is 6.58. The minimum atomic E-state index is -4.45. The Labute approximate surface area is 132 Å². The van der Waals surface area contributed by atoms with Gasteiger partial charge in [-0.05, 0) is 37.5 Å². The van der Waals surface area contributed by atoms with Crippen LogP contribution in [0, 0.1) is 6.92 Å². The van der Waals surface area contributed by atoms with Crippen molar-refractivity contribution in [3.63, 3.8) is 0 Å². The molecule has 0 saturated carbocycles. The molecule has 0 bridgehead atoms. The maximum atomic E-state index is 12.8. The number of rotatable bonds is 2.